The first kappa shape index (κ1) is 27.2. The van der Waals surface area contributed by atoms with Gasteiger partial charge in [0.15, 0.2) is 10.6 Å². The zero-order valence-corrected chi connectivity index (χ0v) is 22.0. The molecule has 37 heavy (non-hydrogen) atoms. The fraction of sp³-hybridized carbons (Fsp3) is 0.385. The molecule has 1 aliphatic heterocycles. The van der Waals surface area contributed by atoms with Crippen molar-refractivity contribution in [1.29, 1.82) is 0 Å². The Morgan fingerprint density at radius 3 is 2.62 bits per heavy atom. The predicted molar refractivity (Wildman–Crippen MR) is 140 cm³/mol. The molecular weight excluding hydrogens is 514 g/mol. The third-order valence-electron chi connectivity index (χ3n) is 5.75. The number of aromatic nitrogens is 2. The number of anilines is 1. The van der Waals surface area contributed by atoms with Gasteiger partial charge in [0.2, 0.25) is 5.91 Å². The highest BCUT2D eigenvalue weighted by molar-refractivity contribution is 8.01. The van der Waals surface area contributed by atoms with Gasteiger partial charge in [0.05, 0.1) is 18.8 Å². The van der Waals surface area contributed by atoms with Crippen molar-refractivity contribution in [1.82, 2.24) is 10.2 Å². The number of rotatable bonds is 11. The van der Waals surface area contributed by atoms with Crippen molar-refractivity contribution in [3.8, 4) is 0 Å². The van der Waals surface area contributed by atoms with Crippen LogP contribution in [0, 0.1) is 6.92 Å². The molecular formula is C26H29N3O6S2. The molecule has 2 heterocycles. The lowest BCUT2D eigenvalue weighted by atomic mass is 10.0. The Hall–Kier alpha value is -2.83. The number of benzene rings is 2. The van der Waals surface area contributed by atoms with Crippen LogP contribution in [0.25, 0.3) is 0 Å². The van der Waals surface area contributed by atoms with Gasteiger partial charge in [-0.25, -0.2) is 0 Å². The van der Waals surface area contributed by atoms with Crippen molar-refractivity contribution < 1.29 is 29.3 Å². The van der Waals surface area contributed by atoms with Crippen LogP contribution >= 0.6 is 23.1 Å². The number of thioether (sulfide) groups is 1. The van der Waals surface area contributed by atoms with E-state index in [1.165, 1.54) is 0 Å². The zero-order valence-electron chi connectivity index (χ0n) is 20.3. The molecule has 3 N–H and O–H groups in total. The molecule has 0 spiro atoms. The van der Waals surface area contributed by atoms with E-state index in [1.807, 2.05) is 49.4 Å². The molecule has 1 amide bonds. The number of carboxylic acid groups (broad SMARTS) is 1. The fourth-order valence-electron chi connectivity index (χ4n) is 3.91. The Labute approximate surface area is 223 Å². The van der Waals surface area contributed by atoms with Gasteiger partial charge < -0.3 is 25.0 Å². The van der Waals surface area contributed by atoms with Crippen LogP contribution in [-0.4, -0.2) is 44.1 Å². The standard InChI is InChI=1S/C26H29N3O6S2/c1-16-28-29-26(37-16)36-15-21-13-22(18-10-8-17(14-30)9-11-18)35-25(34-21)19-4-2-5-20(12-19)27-23(31)6-3-7-24(32)33/h2,4-5,8-12,21-22,25,30H,3,6-7,13-15H2,1H3,(H,27,31)(H,32,33)/t21-,22+,25+/m1/s1. The predicted octanol–water partition coefficient (Wildman–Crippen LogP) is 4.87. The maximum Gasteiger partial charge on any atom is 0.303 e. The van der Waals surface area contributed by atoms with E-state index in [2.05, 4.69) is 15.5 Å². The monoisotopic (exact) mass is 543 g/mol. The van der Waals surface area contributed by atoms with Gasteiger partial charge in [-0.1, -0.05) is 59.5 Å². The second-order valence-electron chi connectivity index (χ2n) is 8.67. The molecule has 196 valence electrons. The molecule has 0 bridgehead atoms. The second kappa shape index (κ2) is 13.1. The molecule has 0 unspecified atom stereocenters. The Kier molecular flexibility index (Phi) is 9.64. The number of aliphatic hydroxyl groups is 1. The van der Waals surface area contributed by atoms with Crippen LogP contribution in [0.4, 0.5) is 5.69 Å². The molecule has 1 aromatic heterocycles. The lowest BCUT2D eigenvalue weighted by Gasteiger charge is -2.36. The van der Waals surface area contributed by atoms with E-state index in [0.717, 1.165) is 26.0 Å². The highest BCUT2D eigenvalue weighted by Crippen LogP contribution is 2.40. The van der Waals surface area contributed by atoms with Crippen LogP contribution in [0.15, 0.2) is 52.9 Å². The normalized spacial score (nSPS) is 19.5. The van der Waals surface area contributed by atoms with E-state index in [0.29, 0.717) is 17.9 Å². The van der Waals surface area contributed by atoms with Crippen LogP contribution in [0.1, 0.15) is 59.8 Å². The Bertz CT molecular complexity index is 1200. The van der Waals surface area contributed by atoms with Gasteiger partial charge in [-0.05, 0) is 36.6 Å². The van der Waals surface area contributed by atoms with E-state index in [-0.39, 0.29) is 44.0 Å². The molecule has 0 saturated carbocycles. The number of hydrogen-bond acceptors (Lipinski definition) is 9. The minimum atomic E-state index is -0.920. The fourth-order valence-corrected chi connectivity index (χ4v) is 5.77. The Morgan fingerprint density at radius 2 is 1.92 bits per heavy atom. The van der Waals surface area contributed by atoms with Gasteiger partial charge in [0.25, 0.3) is 0 Å². The zero-order chi connectivity index (χ0) is 26.2. The van der Waals surface area contributed by atoms with Crippen LogP contribution in [0.2, 0.25) is 0 Å². The quantitative estimate of drug-likeness (QED) is 0.290. The van der Waals surface area contributed by atoms with Crippen LogP contribution < -0.4 is 5.32 Å². The first-order valence-electron chi connectivity index (χ1n) is 11.9. The maximum atomic E-state index is 12.2. The van der Waals surface area contributed by atoms with Gasteiger partial charge >= 0.3 is 5.97 Å². The molecule has 1 fully saturated rings. The highest BCUT2D eigenvalue weighted by atomic mass is 32.2. The van der Waals surface area contributed by atoms with Crippen molar-refractivity contribution in [2.45, 2.75) is 62.1 Å². The summed E-state index contributed by atoms with van der Waals surface area (Å²) in [4.78, 5) is 22.9. The number of carboxylic acids is 1. The van der Waals surface area contributed by atoms with Crippen LogP contribution in [-0.2, 0) is 25.7 Å². The summed E-state index contributed by atoms with van der Waals surface area (Å²) in [5, 5.41) is 30.2. The molecule has 3 atom stereocenters. The molecule has 9 nitrogen and oxygen atoms in total. The summed E-state index contributed by atoms with van der Waals surface area (Å²) in [5.41, 5.74) is 3.18. The number of aliphatic hydroxyl groups excluding tert-OH is 1. The minimum Gasteiger partial charge on any atom is -0.481 e. The number of aliphatic carboxylic acids is 1. The Balaban J connectivity index is 1.48. The average Bonchev–Trinajstić information content (AvgIpc) is 3.32. The number of amides is 1. The van der Waals surface area contributed by atoms with Gasteiger partial charge in [-0.15, -0.1) is 10.2 Å². The van der Waals surface area contributed by atoms with Gasteiger partial charge in [0, 0.05) is 36.3 Å². The first-order valence-corrected chi connectivity index (χ1v) is 13.7. The lowest BCUT2D eigenvalue weighted by Crippen LogP contribution is -2.31. The minimum absolute atomic E-state index is 0.0209. The highest BCUT2D eigenvalue weighted by Gasteiger charge is 2.32. The van der Waals surface area contributed by atoms with Gasteiger partial charge in [0.1, 0.15) is 5.01 Å². The van der Waals surface area contributed by atoms with E-state index in [1.54, 1.807) is 29.2 Å². The van der Waals surface area contributed by atoms with E-state index in [9.17, 15) is 14.7 Å². The lowest BCUT2D eigenvalue weighted by molar-refractivity contribution is -0.245. The molecule has 2 aromatic carbocycles. The number of carbonyl (C=O) groups excluding carboxylic acids is 1. The molecule has 3 aromatic rings. The largest absolute Gasteiger partial charge is 0.481 e. The van der Waals surface area contributed by atoms with Gasteiger partial charge in [-0.2, -0.15) is 0 Å². The average molecular weight is 544 g/mol. The summed E-state index contributed by atoms with van der Waals surface area (Å²) in [6.45, 7) is 1.90. The summed E-state index contributed by atoms with van der Waals surface area (Å²) >= 11 is 3.15. The number of hydrogen-bond donors (Lipinski definition) is 3. The van der Waals surface area contributed by atoms with Crippen LogP contribution in [0.3, 0.4) is 0 Å². The van der Waals surface area contributed by atoms with E-state index in [4.69, 9.17) is 14.6 Å². The molecule has 11 heteroatoms. The number of ether oxygens (including phenoxy) is 2. The second-order valence-corrected chi connectivity index (χ2v) is 11.1. The van der Waals surface area contributed by atoms with E-state index >= 15 is 0 Å². The molecule has 4 rings (SSSR count). The third-order valence-corrected chi connectivity index (χ3v) is 7.86. The smallest absolute Gasteiger partial charge is 0.303 e. The molecule has 1 saturated heterocycles. The topological polar surface area (TPSA) is 131 Å². The third kappa shape index (κ3) is 8.08. The summed E-state index contributed by atoms with van der Waals surface area (Å²) in [6.07, 6.45) is 0.0192. The summed E-state index contributed by atoms with van der Waals surface area (Å²) in [7, 11) is 0. The number of nitrogens with one attached hydrogen (secondary N) is 1. The molecule has 0 radical (unpaired) electrons. The van der Waals surface area contributed by atoms with E-state index < -0.39 is 12.3 Å². The Morgan fingerprint density at radius 1 is 1.11 bits per heavy atom. The SMILES string of the molecule is Cc1nnc(SC[C@H]2C[C@@H](c3ccc(CO)cc3)O[C@@H](c3cccc(NC(=O)CCCC(=O)O)c3)O2)s1. The van der Waals surface area contributed by atoms with Crippen LogP contribution in [0.5, 0.6) is 0 Å². The molecule has 0 aliphatic carbocycles. The number of nitrogens with zero attached hydrogens (tertiary/aromatic N) is 2. The van der Waals surface area contributed by atoms with Gasteiger partial charge in [-0.3, -0.25) is 9.59 Å². The maximum absolute atomic E-state index is 12.2. The van der Waals surface area contributed by atoms with Crippen molar-refractivity contribution in [2.75, 3.05) is 11.1 Å². The van der Waals surface area contributed by atoms with Crippen molar-refractivity contribution in [2.24, 2.45) is 0 Å². The van der Waals surface area contributed by atoms with Crippen molar-refractivity contribution >= 4 is 40.7 Å². The van der Waals surface area contributed by atoms with Crippen molar-refractivity contribution in [3.63, 3.8) is 0 Å². The summed E-state index contributed by atoms with van der Waals surface area (Å²) in [5.74, 6) is -0.483. The number of carbonyl (C=O) groups is 2. The number of aryl methyl sites for hydroxylation is 1. The summed E-state index contributed by atoms with van der Waals surface area (Å²) < 4.78 is 13.6. The molecule has 1 aliphatic rings. The van der Waals surface area contributed by atoms with Crippen molar-refractivity contribution in [3.05, 3.63) is 70.2 Å². The summed E-state index contributed by atoms with van der Waals surface area (Å²) in [6, 6.07) is 15.0. The first-order chi connectivity index (χ1) is 17.9.